The van der Waals surface area contributed by atoms with Crippen LogP contribution in [0.5, 0.6) is 5.75 Å². The average Bonchev–Trinajstić information content (AvgIpc) is 2.42. The molecule has 0 spiro atoms. The van der Waals surface area contributed by atoms with Crippen LogP contribution in [0.15, 0.2) is 42.5 Å². The van der Waals surface area contributed by atoms with E-state index in [-0.39, 0.29) is 11.4 Å². The second-order valence-corrected chi connectivity index (χ2v) is 6.23. The molecule has 0 aliphatic rings. The Labute approximate surface area is 126 Å². The van der Waals surface area contributed by atoms with Crippen LogP contribution in [0.4, 0.5) is 0 Å². The van der Waals surface area contributed by atoms with Crippen molar-refractivity contribution in [3.63, 3.8) is 0 Å². The zero-order valence-electron chi connectivity index (χ0n) is 13.1. The first kappa shape index (κ1) is 15.4. The normalized spacial score (nSPS) is 13.0. The Morgan fingerprint density at radius 1 is 1.14 bits per heavy atom. The van der Waals surface area contributed by atoms with Crippen LogP contribution in [0.1, 0.15) is 34.1 Å². The summed E-state index contributed by atoms with van der Waals surface area (Å²) in [5.74, 6) is 0.682. The molecule has 2 aromatic carbocycles. The van der Waals surface area contributed by atoms with Crippen LogP contribution in [0, 0.1) is 0 Å². The maximum absolute atomic E-state index is 12.3. The first-order valence-corrected chi connectivity index (χ1v) is 7.37. The fourth-order valence-corrected chi connectivity index (χ4v) is 2.22. The summed E-state index contributed by atoms with van der Waals surface area (Å²) in [4.78, 5) is 12.3. The van der Waals surface area contributed by atoms with Crippen LogP contribution in [0.2, 0.25) is 0 Å². The van der Waals surface area contributed by atoms with Crippen molar-refractivity contribution in [2.24, 2.45) is 0 Å². The van der Waals surface area contributed by atoms with E-state index in [2.05, 4.69) is 5.32 Å². The molecule has 0 fully saturated rings. The van der Waals surface area contributed by atoms with Crippen molar-refractivity contribution in [1.29, 1.82) is 0 Å². The molecule has 3 heteroatoms. The predicted octanol–water partition coefficient (Wildman–Crippen LogP) is 3.91. The maximum atomic E-state index is 12.3. The molecule has 0 aliphatic heterocycles. The van der Waals surface area contributed by atoms with Gasteiger partial charge in [-0.1, -0.05) is 43.3 Å². The summed E-state index contributed by atoms with van der Waals surface area (Å²) in [6.45, 7) is 7.86. The van der Waals surface area contributed by atoms with E-state index in [9.17, 15) is 4.79 Å². The number of carbonyl (C=O) groups excluding carboxylic acids is 1. The number of hydrogen-bond acceptors (Lipinski definition) is 2. The number of benzene rings is 2. The Kier molecular flexibility index (Phi) is 4.51. The van der Waals surface area contributed by atoms with E-state index in [1.54, 1.807) is 0 Å². The summed E-state index contributed by atoms with van der Waals surface area (Å²) in [5, 5.41) is 5.12. The molecule has 3 nitrogen and oxygen atoms in total. The van der Waals surface area contributed by atoms with Crippen molar-refractivity contribution >= 4 is 16.7 Å². The van der Waals surface area contributed by atoms with Crippen molar-refractivity contribution in [3.05, 3.63) is 42.5 Å². The minimum absolute atomic E-state index is 0.0714. The van der Waals surface area contributed by atoms with E-state index in [0.717, 1.165) is 16.5 Å². The number of rotatable bonds is 4. The molecule has 0 aliphatic carbocycles. The lowest BCUT2D eigenvalue weighted by Crippen LogP contribution is -2.47. The topological polar surface area (TPSA) is 38.3 Å². The third kappa shape index (κ3) is 3.97. The number of amides is 1. The highest BCUT2D eigenvalue weighted by Gasteiger charge is 2.23. The molecule has 112 valence electrons. The van der Waals surface area contributed by atoms with Gasteiger partial charge in [-0.05, 0) is 38.6 Å². The molecule has 2 aromatic rings. The van der Waals surface area contributed by atoms with Gasteiger partial charge in [0.05, 0.1) is 0 Å². The Morgan fingerprint density at radius 2 is 1.81 bits per heavy atom. The zero-order valence-corrected chi connectivity index (χ0v) is 13.1. The van der Waals surface area contributed by atoms with Gasteiger partial charge in [-0.25, -0.2) is 0 Å². The molecule has 21 heavy (non-hydrogen) atoms. The Morgan fingerprint density at radius 3 is 2.48 bits per heavy atom. The van der Waals surface area contributed by atoms with E-state index < -0.39 is 6.10 Å². The summed E-state index contributed by atoms with van der Waals surface area (Å²) in [6, 6.07) is 13.9. The molecular formula is C18H23NO2. The molecule has 1 N–H and O–H groups in total. The van der Waals surface area contributed by atoms with Crippen LogP contribution in [-0.2, 0) is 4.79 Å². The lowest BCUT2D eigenvalue weighted by Gasteiger charge is -2.25. The summed E-state index contributed by atoms with van der Waals surface area (Å²) >= 11 is 0. The minimum Gasteiger partial charge on any atom is -0.480 e. The highest BCUT2D eigenvalue weighted by molar-refractivity contribution is 5.89. The quantitative estimate of drug-likeness (QED) is 0.925. The van der Waals surface area contributed by atoms with Crippen molar-refractivity contribution in [2.75, 3.05) is 0 Å². The lowest BCUT2D eigenvalue weighted by molar-refractivity contribution is -0.129. The molecule has 0 saturated carbocycles. The molecule has 1 atom stereocenters. The molecule has 0 radical (unpaired) electrons. The molecule has 2 rings (SSSR count). The summed E-state index contributed by atoms with van der Waals surface area (Å²) in [6.07, 6.45) is 0.153. The second-order valence-electron chi connectivity index (χ2n) is 6.23. The molecule has 0 saturated heterocycles. The van der Waals surface area contributed by atoms with Crippen molar-refractivity contribution in [3.8, 4) is 5.75 Å². The smallest absolute Gasteiger partial charge is 0.261 e. The van der Waals surface area contributed by atoms with Gasteiger partial charge in [-0.3, -0.25) is 4.79 Å². The first-order valence-electron chi connectivity index (χ1n) is 7.37. The third-order valence-corrected chi connectivity index (χ3v) is 3.18. The molecule has 0 bridgehead atoms. The maximum Gasteiger partial charge on any atom is 0.261 e. The highest BCUT2D eigenvalue weighted by atomic mass is 16.5. The molecule has 1 amide bonds. The van der Waals surface area contributed by atoms with E-state index >= 15 is 0 Å². The zero-order chi connectivity index (χ0) is 15.5. The van der Waals surface area contributed by atoms with Gasteiger partial charge in [0.25, 0.3) is 5.91 Å². The van der Waals surface area contributed by atoms with Crippen LogP contribution in [0.25, 0.3) is 10.8 Å². The number of ether oxygens (including phenoxy) is 1. The number of hydrogen-bond donors (Lipinski definition) is 1. The molecule has 0 aromatic heterocycles. The van der Waals surface area contributed by atoms with E-state index in [1.807, 2.05) is 70.2 Å². The predicted molar refractivity (Wildman–Crippen MR) is 86.6 cm³/mol. The number of carbonyl (C=O) groups is 1. The largest absolute Gasteiger partial charge is 0.480 e. The third-order valence-electron chi connectivity index (χ3n) is 3.18. The summed E-state index contributed by atoms with van der Waals surface area (Å²) in [5.41, 5.74) is -0.257. The molecule has 0 heterocycles. The van der Waals surface area contributed by atoms with Crippen molar-refractivity contribution in [1.82, 2.24) is 5.32 Å². The Bertz CT molecular complexity index is 623. The average molecular weight is 285 g/mol. The fraction of sp³-hybridized carbons (Fsp3) is 0.389. The summed E-state index contributed by atoms with van der Waals surface area (Å²) < 4.78 is 5.97. The van der Waals surface area contributed by atoms with Crippen LogP contribution < -0.4 is 10.1 Å². The Hall–Kier alpha value is -2.03. The van der Waals surface area contributed by atoms with E-state index in [0.29, 0.717) is 6.42 Å². The molecule has 1 unspecified atom stereocenters. The van der Waals surface area contributed by atoms with Gasteiger partial charge < -0.3 is 10.1 Å². The van der Waals surface area contributed by atoms with Gasteiger partial charge in [0.1, 0.15) is 5.75 Å². The van der Waals surface area contributed by atoms with Gasteiger partial charge in [-0.2, -0.15) is 0 Å². The van der Waals surface area contributed by atoms with Gasteiger partial charge in [0.15, 0.2) is 6.10 Å². The van der Waals surface area contributed by atoms with Crippen molar-refractivity contribution < 1.29 is 9.53 Å². The van der Waals surface area contributed by atoms with Crippen LogP contribution in [0.3, 0.4) is 0 Å². The van der Waals surface area contributed by atoms with Gasteiger partial charge in [0, 0.05) is 10.9 Å². The monoisotopic (exact) mass is 285 g/mol. The standard InChI is InChI=1S/C18H23NO2/c1-5-15(17(20)19-18(2,3)4)21-16-12-8-10-13-9-6-7-11-14(13)16/h6-12,15H,5H2,1-4H3,(H,19,20). The highest BCUT2D eigenvalue weighted by Crippen LogP contribution is 2.26. The summed E-state index contributed by atoms with van der Waals surface area (Å²) in [7, 11) is 0. The van der Waals surface area contributed by atoms with Crippen LogP contribution >= 0.6 is 0 Å². The second kappa shape index (κ2) is 6.17. The van der Waals surface area contributed by atoms with Crippen LogP contribution in [-0.4, -0.2) is 17.6 Å². The molecular weight excluding hydrogens is 262 g/mol. The lowest BCUT2D eigenvalue weighted by atomic mass is 10.1. The fourth-order valence-electron chi connectivity index (χ4n) is 2.22. The first-order chi connectivity index (χ1) is 9.90. The van der Waals surface area contributed by atoms with Gasteiger partial charge >= 0.3 is 0 Å². The van der Waals surface area contributed by atoms with Crippen molar-refractivity contribution in [2.45, 2.75) is 45.8 Å². The van der Waals surface area contributed by atoms with E-state index in [4.69, 9.17) is 4.74 Å². The SMILES string of the molecule is CCC(Oc1cccc2ccccc12)C(=O)NC(C)(C)C. The van der Waals surface area contributed by atoms with E-state index in [1.165, 1.54) is 0 Å². The van der Waals surface area contributed by atoms with Gasteiger partial charge in [-0.15, -0.1) is 0 Å². The minimum atomic E-state index is -0.477. The number of nitrogens with one attached hydrogen (secondary N) is 1. The Balaban J connectivity index is 2.23. The van der Waals surface area contributed by atoms with Gasteiger partial charge in [0.2, 0.25) is 0 Å². The number of fused-ring (bicyclic) bond motifs is 1.